The number of nitrogens with one attached hydrogen (secondary N) is 1. The summed E-state index contributed by atoms with van der Waals surface area (Å²) in [6, 6.07) is 12.9. The smallest absolute Gasteiger partial charge is 0.248 e. The van der Waals surface area contributed by atoms with Gasteiger partial charge in [0.2, 0.25) is 10.7 Å². The molecule has 0 unspecified atom stereocenters. The summed E-state index contributed by atoms with van der Waals surface area (Å²) < 4.78 is 11.1. The van der Waals surface area contributed by atoms with E-state index in [2.05, 4.69) is 26.7 Å². The minimum atomic E-state index is -0.145. The molecule has 0 amide bonds. The van der Waals surface area contributed by atoms with Crippen molar-refractivity contribution in [2.75, 3.05) is 0 Å². The Labute approximate surface area is 182 Å². The topological polar surface area (TPSA) is 93.9 Å². The fourth-order valence-corrected chi connectivity index (χ4v) is 3.74. The van der Waals surface area contributed by atoms with Gasteiger partial charge in [0.25, 0.3) is 0 Å². The van der Waals surface area contributed by atoms with Gasteiger partial charge in [0.05, 0.1) is 12.5 Å². The number of fused-ring (bicyclic) bond motifs is 1. The van der Waals surface area contributed by atoms with Crippen molar-refractivity contribution in [3.8, 4) is 11.5 Å². The van der Waals surface area contributed by atoms with Crippen LogP contribution in [0.25, 0.3) is 28.1 Å². The van der Waals surface area contributed by atoms with Crippen molar-refractivity contribution in [2.45, 2.75) is 24.3 Å². The van der Waals surface area contributed by atoms with Gasteiger partial charge >= 0.3 is 0 Å². The molecule has 4 rings (SSSR count). The Hall–Kier alpha value is -3.65. The zero-order valence-electron chi connectivity index (χ0n) is 16.9. The Morgan fingerprint density at radius 1 is 1.26 bits per heavy atom. The number of thioether (sulfide) groups is 1. The molecule has 7 nitrogen and oxygen atoms in total. The van der Waals surface area contributed by atoms with E-state index in [9.17, 15) is 4.79 Å². The molecule has 1 N–H and O–H groups in total. The number of benzene rings is 1. The van der Waals surface area contributed by atoms with E-state index >= 15 is 0 Å². The zero-order valence-corrected chi connectivity index (χ0v) is 17.7. The Morgan fingerprint density at radius 3 is 2.94 bits per heavy atom. The fraction of sp³-hybridized carbons (Fsp3) is 0.130. The number of aromatic amines is 1. The second-order valence-electron chi connectivity index (χ2n) is 6.58. The first-order valence-corrected chi connectivity index (χ1v) is 10.7. The summed E-state index contributed by atoms with van der Waals surface area (Å²) in [5, 5.41) is 9.95. The molecule has 0 radical (unpaired) electrons. The zero-order chi connectivity index (χ0) is 21.6. The maximum atomic E-state index is 12.0. The van der Waals surface area contributed by atoms with Crippen LogP contribution in [0, 0.1) is 0 Å². The van der Waals surface area contributed by atoms with Crippen LogP contribution < -0.4 is 5.56 Å². The standard InChI is InChI=1S/C23H20N4O3S/c1-3-4-11-29-15(2)21-22(19-10-7-12-30-19)25-23(27-26-21)31-14-16-13-20(28)24-18-9-6-5-8-17(16)18/h4-13H,2-3,14H2,1H3,(H,24,28)/b11-4-. The van der Waals surface area contributed by atoms with Crippen LogP contribution in [0.3, 0.4) is 0 Å². The molecule has 8 heteroatoms. The summed E-state index contributed by atoms with van der Waals surface area (Å²) in [5.74, 6) is 1.38. The molecule has 0 spiro atoms. The maximum Gasteiger partial charge on any atom is 0.248 e. The van der Waals surface area contributed by atoms with Gasteiger partial charge in [-0.15, -0.1) is 10.2 Å². The molecule has 0 fully saturated rings. The molecule has 3 heterocycles. The Kier molecular flexibility index (Phi) is 6.28. The molecule has 0 bridgehead atoms. The van der Waals surface area contributed by atoms with Crippen LogP contribution in [0.4, 0.5) is 0 Å². The van der Waals surface area contributed by atoms with Gasteiger partial charge in [0.1, 0.15) is 11.5 Å². The highest BCUT2D eigenvalue weighted by Crippen LogP contribution is 2.29. The van der Waals surface area contributed by atoms with E-state index in [0.29, 0.717) is 33.8 Å². The summed E-state index contributed by atoms with van der Waals surface area (Å²) in [6.07, 6.45) is 5.84. The van der Waals surface area contributed by atoms with E-state index in [4.69, 9.17) is 9.15 Å². The van der Waals surface area contributed by atoms with Crippen molar-refractivity contribution in [3.05, 3.63) is 89.3 Å². The van der Waals surface area contributed by atoms with Gasteiger partial charge in [0.15, 0.2) is 11.5 Å². The second kappa shape index (κ2) is 9.44. The third-order valence-corrected chi connectivity index (χ3v) is 5.31. The summed E-state index contributed by atoms with van der Waals surface area (Å²) in [6.45, 7) is 5.94. The monoisotopic (exact) mass is 432 g/mol. The number of hydrogen-bond donors (Lipinski definition) is 1. The quantitative estimate of drug-likeness (QED) is 0.303. The van der Waals surface area contributed by atoms with Crippen LogP contribution in [-0.4, -0.2) is 20.2 Å². The van der Waals surface area contributed by atoms with Crippen molar-refractivity contribution in [3.63, 3.8) is 0 Å². The lowest BCUT2D eigenvalue weighted by Crippen LogP contribution is -2.06. The predicted octanol–water partition coefficient (Wildman–Crippen LogP) is 5.18. The first-order valence-electron chi connectivity index (χ1n) is 9.69. The molecule has 0 saturated carbocycles. The van der Waals surface area contributed by atoms with Crippen molar-refractivity contribution in [1.29, 1.82) is 0 Å². The largest absolute Gasteiger partial charge is 0.464 e. The van der Waals surface area contributed by atoms with E-state index in [1.807, 2.05) is 37.3 Å². The highest BCUT2D eigenvalue weighted by atomic mass is 32.2. The lowest BCUT2D eigenvalue weighted by molar-refractivity contribution is 0.432. The normalized spacial score (nSPS) is 11.3. The van der Waals surface area contributed by atoms with Crippen LogP contribution in [0.5, 0.6) is 0 Å². The Balaban J connectivity index is 1.63. The molecular formula is C23H20N4O3S. The molecule has 3 aromatic heterocycles. The van der Waals surface area contributed by atoms with Gasteiger partial charge < -0.3 is 14.1 Å². The number of rotatable bonds is 8. The number of furan rings is 1. The van der Waals surface area contributed by atoms with Crippen LogP contribution in [0.15, 0.2) is 82.0 Å². The third-order valence-electron chi connectivity index (χ3n) is 4.42. The van der Waals surface area contributed by atoms with Crippen molar-refractivity contribution in [1.82, 2.24) is 20.2 Å². The highest BCUT2D eigenvalue weighted by Gasteiger charge is 2.18. The molecule has 0 atom stereocenters. The number of allylic oxidation sites excluding steroid dienone is 1. The number of aromatic nitrogens is 4. The average molecular weight is 433 g/mol. The van der Waals surface area contributed by atoms with E-state index in [0.717, 1.165) is 22.9 Å². The van der Waals surface area contributed by atoms with Crippen LogP contribution >= 0.6 is 11.8 Å². The van der Waals surface area contributed by atoms with Gasteiger partial charge in [-0.05, 0) is 36.3 Å². The number of para-hydroxylation sites is 1. The Bertz CT molecular complexity index is 1300. The van der Waals surface area contributed by atoms with E-state index in [1.165, 1.54) is 11.8 Å². The summed E-state index contributed by atoms with van der Waals surface area (Å²) >= 11 is 1.39. The summed E-state index contributed by atoms with van der Waals surface area (Å²) in [4.78, 5) is 19.5. The minimum Gasteiger partial charge on any atom is -0.464 e. The van der Waals surface area contributed by atoms with Gasteiger partial charge in [-0.25, -0.2) is 4.98 Å². The van der Waals surface area contributed by atoms with E-state index < -0.39 is 0 Å². The SMILES string of the molecule is C=C(O/C=C\CC)c1nnc(SCc2cc(=O)[nH]c3ccccc23)nc1-c1ccco1. The first kappa shape index (κ1) is 20.6. The molecule has 0 aliphatic carbocycles. The van der Waals surface area contributed by atoms with Gasteiger partial charge in [-0.1, -0.05) is 43.5 Å². The lowest BCUT2D eigenvalue weighted by atomic mass is 10.1. The predicted molar refractivity (Wildman–Crippen MR) is 121 cm³/mol. The number of nitrogens with zero attached hydrogens (tertiary/aromatic N) is 3. The van der Waals surface area contributed by atoms with Gasteiger partial charge in [0, 0.05) is 22.7 Å². The molecule has 0 saturated heterocycles. The summed E-state index contributed by atoms with van der Waals surface area (Å²) in [5.41, 5.74) is 2.45. The molecule has 156 valence electrons. The molecule has 1 aromatic carbocycles. The lowest BCUT2D eigenvalue weighted by Gasteiger charge is -2.09. The average Bonchev–Trinajstić information content (AvgIpc) is 3.32. The van der Waals surface area contributed by atoms with Crippen LogP contribution in [0.2, 0.25) is 0 Å². The molecule has 31 heavy (non-hydrogen) atoms. The third kappa shape index (κ3) is 4.75. The Morgan fingerprint density at radius 2 is 2.13 bits per heavy atom. The number of pyridine rings is 1. The first-order chi connectivity index (χ1) is 15.2. The van der Waals surface area contributed by atoms with Crippen molar-refractivity contribution in [2.24, 2.45) is 0 Å². The van der Waals surface area contributed by atoms with Crippen molar-refractivity contribution < 1.29 is 9.15 Å². The fourth-order valence-electron chi connectivity index (χ4n) is 2.97. The van der Waals surface area contributed by atoms with Crippen molar-refractivity contribution >= 4 is 28.4 Å². The second-order valence-corrected chi connectivity index (χ2v) is 7.53. The summed E-state index contributed by atoms with van der Waals surface area (Å²) in [7, 11) is 0. The highest BCUT2D eigenvalue weighted by molar-refractivity contribution is 7.98. The van der Waals surface area contributed by atoms with Crippen LogP contribution in [-0.2, 0) is 10.5 Å². The van der Waals surface area contributed by atoms with Gasteiger partial charge in [-0.2, -0.15) is 0 Å². The minimum absolute atomic E-state index is 0.145. The molecule has 0 aliphatic heterocycles. The maximum absolute atomic E-state index is 12.0. The van der Waals surface area contributed by atoms with Gasteiger partial charge in [-0.3, -0.25) is 4.79 Å². The number of H-pyrrole nitrogens is 1. The number of hydrogen-bond acceptors (Lipinski definition) is 7. The molecular weight excluding hydrogens is 412 g/mol. The number of ether oxygens (including phenoxy) is 1. The van der Waals surface area contributed by atoms with E-state index in [1.54, 1.807) is 30.7 Å². The molecule has 0 aliphatic rings. The molecule has 4 aromatic rings. The van der Waals surface area contributed by atoms with Crippen LogP contribution in [0.1, 0.15) is 24.6 Å². The van der Waals surface area contributed by atoms with E-state index in [-0.39, 0.29) is 5.56 Å².